The maximum atomic E-state index is 15.1. The Bertz CT molecular complexity index is 664. The summed E-state index contributed by atoms with van der Waals surface area (Å²) in [7, 11) is -1.25. The van der Waals surface area contributed by atoms with Crippen LogP contribution in [-0.2, 0) is 18.8 Å². The number of rotatable bonds is 6. The van der Waals surface area contributed by atoms with Gasteiger partial charge in [0, 0.05) is 31.7 Å². The number of benzene rings is 1. The van der Waals surface area contributed by atoms with Crippen molar-refractivity contribution in [1.29, 1.82) is 0 Å². The molecule has 1 N–H and O–H groups in total. The quantitative estimate of drug-likeness (QED) is 0.664. The van der Waals surface area contributed by atoms with E-state index in [2.05, 4.69) is 21.5 Å². The summed E-state index contributed by atoms with van der Waals surface area (Å²) in [6, 6.07) is 8.12. The molecule has 0 aliphatic carbocycles. The van der Waals surface area contributed by atoms with Gasteiger partial charge in [0.05, 0.1) is 46.8 Å². The molecule has 0 unspecified atom stereocenters. The second kappa shape index (κ2) is 9.88. The van der Waals surface area contributed by atoms with E-state index in [0.717, 1.165) is 24.4 Å². The third-order valence-electron chi connectivity index (χ3n) is 6.08. The summed E-state index contributed by atoms with van der Waals surface area (Å²) < 4.78 is 41.7. The summed E-state index contributed by atoms with van der Waals surface area (Å²) in [5.74, 6) is 0.686. The third-order valence-corrected chi connectivity index (χ3v) is 9.83. The average molecular weight is 426 g/mol. The van der Waals surface area contributed by atoms with Crippen molar-refractivity contribution in [2.24, 2.45) is 0 Å². The Morgan fingerprint density at radius 1 is 0.862 bits per heavy atom. The second-order valence-corrected chi connectivity index (χ2v) is 10.5. The van der Waals surface area contributed by atoms with E-state index < -0.39 is 7.44 Å². The zero-order valence-corrected chi connectivity index (χ0v) is 18.1. The van der Waals surface area contributed by atoms with Crippen molar-refractivity contribution in [2.45, 2.75) is 5.78 Å². The van der Waals surface area contributed by atoms with Gasteiger partial charge in [-0.15, -0.1) is 0 Å². The molecule has 162 valence electrons. The van der Waals surface area contributed by atoms with Gasteiger partial charge in [0.2, 0.25) is 0 Å². The summed E-state index contributed by atoms with van der Waals surface area (Å²) >= 11 is 0. The summed E-state index contributed by atoms with van der Waals surface area (Å²) in [6.45, 7) is 8.42. The van der Waals surface area contributed by atoms with Crippen LogP contribution in [0.2, 0.25) is 0 Å². The second-order valence-electron chi connectivity index (χ2n) is 7.67. The smallest absolute Gasteiger partial charge is 0.277 e. The van der Waals surface area contributed by atoms with Crippen molar-refractivity contribution in [3.05, 3.63) is 29.8 Å². The van der Waals surface area contributed by atoms with E-state index in [1.165, 1.54) is 4.90 Å². The van der Waals surface area contributed by atoms with Crippen LogP contribution in [0.5, 0.6) is 5.75 Å². The first-order valence-corrected chi connectivity index (χ1v) is 12.2. The number of hydrogen-bond acceptors (Lipinski definition) is 5. The van der Waals surface area contributed by atoms with Crippen LogP contribution in [0, 0.1) is 0 Å². The lowest BCUT2D eigenvalue weighted by molar-refractivity contribution is -0.925. The van der Waals surface area contributed by atoms with Gasteiger partial charge in [-0.25, -0.2) is 9.34 Å². The van der Waals surface area contributed by atoms with E-state index >= 15 is 4.57 Å². The van der Waals surface area contributed by atoms with E-state index in [-0.39, 0.29) is 5.78 Å². The fourth-order valence-corrected chi connectivity index (χ4v) is 8.33. The first kappa shape index (κ1) is 21.2. The van der Waals surface area contributed by atoms with Crippen LogP contribution in [0.3, 0.4) is 0 Å². The van der Waals surface area contributed by atoms with E-state index in [9.17, 15) is 0 Å². The SMILES string of the molecule is COc1ccc([C@H]([NH+]2CCOCC2)P(=O)(N2CCOCC2)N2CCOCC2)cc1. The number of morpholine rings is 3. The molecule has 1 aromatic carbocycles. The Morgan fingerprint density at radius 3 is 1.83 bits per heavy atom. The molecule has 0 amide bonds. The van der Waals surface area contributed by atoms with E-state index in [0.29, 0.717) is 65.8 Å². The normalized spacial score (nSPS) is 24.3. The monoisotopic (exact) mass is 426 g/mol. The highest BCUT2D eigenvalue weighted by molar-refractivity contribution is 7.59. The Kier molecular flexibility index (Phi) is 7.24. The van der Waals surface area contributed by atoms with Gasteiger partial charge in [0.15, 0.2) is 5.78 Å². The average Bonchev–Trinajstić information content (AvgIpc) is 2.81. The summed E-state index contributed by atoms with van der Waals surface area (Å²) in [6.07, 6.45) is 0. The number of quaternary nitrogens is 1. The number of nitrogens with zero attached hydrogens (tertiary/aromatic N) is 2. The van der Waals surface area contributed by atoms with E-state index in [4.69, 9.17) is 18.9 Å². The fourth-order valence-electron chi connectivity index (χ4n) is 4.55. The first-order chi connectivity index (χ1) is 14.2. The fraction of sp³-hybridized carbons (Fsp3) is 0.700. The Morgan fingerprint density at radius 2 is 1.34 bits per heavy atom. The molecular formula is C20H33N3O5P+. The van der Waals surface area contributed by atoms with Crippen LogP contribution in [0.25, 0.3) is 0 Å². The molecule has 3 fully saturated rings. The zero-order chi connectivity index (χ0) is 20.1. The molecule has 8 nitrogen and oxygen atoms in total. The zero-order valence-electron chi connectivity index (χ0n) is 17.3. The van der Waals surface area contributed by atoms with Crippen LogP contribution >= 0.6 is 7.44 Å². The lowest BCUT2D eigenvalue weighted by Gasteiger charge is -2.47. The summed E-state index contributed by atoms with van der Waals surface area (Å²) in [5.41, 5.74) is 1.10. The van der Waals surface area contributed by atoms with Crippen molar-refractivity contribution in [3.8, 4) is 5.75 Å². The van der Waals surface area contributed by atoms with Gasteiger partial charge < -0.3 is 23.8 Å². The first-order valence-electron chi connectivity index (χ1n) is 10.6. The van der Waals surface area contributed by atoms with Crippen LogP contribution in [-0.4, -0.2) is 95.4 Å². The van der Waals surface area contributed by atoms with Gasteiger partial charge in [0.1, 0.15) is 18.8 Å². The lowest BCUT2D eigenvalue weighted by atomic mass is 10.2. The predicted octanol–water partition coefficient (Wildman–Crippen LogP) is 0.466. The van der Waals surface area contributed by atoms with E-state index in [1.54, 1.807) is 7.11 Å². The number of methoxy groups -OCH3 is 1. The van der Waals surface area contributed by atoms with Crippen molar-refractivity contribution in [1.82, 2.24) is 9.34 Å². The predicted molar refractivity (Wildman–Crippen MR) is 110 cm³/mol. The minimum atomic E-state index is -2.92. The molecule has 0 saturated carbocycles. The third kappa shape index (κ3) is 4.54. The number of nitrogens with one attached hydrogen (secondary N) is 1. The molecule has 3 aliphatic rings. The molecule has 0 spiro atoms. The molecule has 9 heteroatoms. The lowest BCUT2D eigenvalue weighted by Crippen LogP contribution is -3.14. The summed E-state index contributed by atoms with van der Waals surface area (Å²) in [5, 5.41) is 0. The van der Waals surface area contributed by atoms with Gasteiger partial charge in [-0.2, -0.15) is 0 Å². The van der Waals surface area contributed by atoms with Crippen molar-refractivity contribution in [3.63, 3.8) is 0 Å². The van der Waals surface area contributed by atoms with Crippen LogP contribution in [0.4, 0.5) is 0 Å². The van der Waals surface area contributed by atoms with Crippen LogP contribution < -0.4 is 9.64 Å². The molecule has 0 radical (unpaired) electrons. The molecule has 3 heterocycles. The highest BCUT2D eigenvalue weighted by atomic mass is 31.2. The molecule has 3 saturated heterocycles. The van der Waals surface area contributed by atoms with Crippen molar-refractivity contribution < 1.29 is 28.4 Å². The van der Waals surface area contributed by atoms with Gasteiger partial charge >= 0.3 is 0 Å². The Labute approximate surface area is 173 Å². The molecule has 1 aromatic rings. The highest BCUT2D eigenvalue weighted by Crippen LogP contribution is 2.62. The van der Waals surface area contributed by atoms with Gasteiger partial charge in [0.25, 0.3) is 7.44 Å². The van der Waals surface area contributed by atoms with Crippen molar-refractivity contribution >= 4 is 7.44 Å². The van der Waals surface area contributed by atoms with Gasteiger partial charge in [-0.3, -0.25) is 4.57 Å². The standard InChI is InChI=1S/C20H32N3O5P/c1-25-19-4-2-18(3-5-19)20(21-6-12-26-13-7-21)29(24,22-8-14-27-15-9-22)23-10-16-28-17-11-23/h2-5,20H,6-17H2,1H3/p+1/t20-/m1/s1. The van der Waals surface area contributed by atoms with Crippen LogP contribution in [0.15, 0.2) is 24.3 Å². The molecule has 0 bridgehead atoms. The topological polar surface area (TPSA) is 64.9 Å². The minimum absolute atomic E-state index is 0.131. The maximum absolute atomic E-state index is 15.1. The maximum Gasteiger partial charge on any atom is 0.277 e. The van der Waals surface area contributed by atoms with E-state index in [1.807, 2.05) is 12.1 Å². The number of hydrogen-bond donors (Lipinski definition) is 1. The molecule has 4 rings (SSSR count). The summed E-state index contributed by atoms with van der Waals surface area (Å²) in [4.78, 5) is 1.34. The Balaban J connectivity index is 1.76. The number of ether oxygens (including phenoxy) is 4. The van der Waals surface area contributed by atoms with Crippen LogP contribution in [0.1, 0.15) is 11.3 Å². The molecular weight excluding hydrogens is 393 g/mol. The molecule has 3 aliphatic heterocycles. The minimum Gasteiger partial charge on any atom is -0.497 e. The highest BCUT2D eigenvalue weighted by Gasteiger charge is 2.51. The molecule has 29 heavy (non-hydrogen) atoms. The Hall–Kier alpha value is -0.990. The van der Waals surface area contributed by atoms with Gasteiger partial charge in [-0.1, -0.05) is 0 Å². The van der Waals surface area contributed by atoms with Gasteiger partial charge in [-0.05, 0) is 24.3 Å². The molecule has 1 atom stereocenters. The largest absolute Gasteiger partial charge is 0.497 e. The van der Waals surface area contributed by atoms with Crippen molar-refractivity contribution in [2.75, 3.05) is 86.0 Å². The molecule has 0 aromatic heterocycles.